The van der Waals surface area contributed by atoms with Gasteiger partial charge in [-0.3, -0.25) is 4.90 Å². The van der Waals surface area contributed by atoms with Crippen molar-refractivity contribution in [2.24, 2.45) is 5.92 Å². The van der Waals surface area contributed by atoms with Gasteiger partial charge >= 0.3 is 0 Å². The van der Waals surface area contributed by atoms with Crippen molar-refractivity contribution < 1.29 is 0 Å². The molecule has 1 N–H and O–H groups in total. The number of nitrogens with zero attached hydrogens (tertiary/aromatic N) is 1. The third kappa shape index (κ3) is 3.01. The second kappa shape index (κ2) is 4.82. The molecule has 0 spiro atoms. The lowest BCUT2D eigenvalue weighted by atomic mass is 10.2. The SMILES string of the molecule is C#CCN(CC1CC1)CC1CCCN1. The maximum Gasteiger partial charge on any atom is 0.0599 e. The Balaban J connectivity index is 1.73. The molecule has 0 bridgehead atoms. The molecule has 1 unspecified atom stereocenters. The van der Waals surface area contributed by atoms with E-state index in [0.29, 0.717) is 6.04 Å². The molecule has 0 aromatic rings. The van der Waals surface area contributed by atoms with Crippen molar-refractivity contribution in [1.29, 1.82) is 0 Å². The van der Waals surface area contributed by atoms with E-state index in [1.807, 2.05) is 0 Å². The molecule has 1 saturated heterocycles. The van der Waals surface area contributed by atoms with Crippen molar-refractivity contribution in [3.63, 3.8) is 0 Å². The summed E-state index contributed by atoms with van der Waals surface area (Å²) in [6.45, 7) is 4.40. The highest BCUT2D eigenvalue weighted by Crippen LogP contribution is 2.29. The highest BCUT2D eigenvalue weighted by molar-refractivity contribution is 4.92. The summed E-state index contributed by atoms with van der Waals surface area (Å²) in [4.78, 5) is 2.45. The van der Waals surface area contributed by atoms with Crippen LogP contribution in [0.5, 0.6) is 0 Å². The van der Waals surface area contributed by atoms with Crippen LogP contribution < -0.4 is 5.32 Å². The Labute approximate surface area is 87.1 Å². The lowest BCUT2D eigenvalue weighted by Crippen LogP contribution is -2.38. The molecule has 2 heteroatoms. The number of nitrogens with one attached hydrogen (secondary N) is 1. The summed E-state index contributed by atoms with van der Waals surface area (Å²) in [6.07, 6.45) is 10.9. The van der Waals surface area contributed by atoms with E-state index in [-0.39, 0.29) is 0 Å². The molecule has 14 heavy (non-hydrogen) atoms. The molecule has 2 fully saturated rings. The van der Waals surface area contributed by atoms with E-state index < -0.39 is 0 Å². The van der Waals surface area contributed by atoms with Crippen LogP contribution in [0.3, 0.4) is 0 Å². The topological polar surface area (TPSA) is 15.3 Å². The van der Waals surface area contributed by atoms with Crippen LogP contribution in [0.1, 0.15) is 25.7 Å². The predicted octanol–water partition coefficient (Wildman–Crippen LogP) is 1.08. The second-order valence-electron chi connectivity index (χ2n) is 4.63. The minimum absolute atomic E-state index is 0.696. The Morgan fingerprint density at radius 3 is 2.71 bits per heavy atom. The smallest absolute Gasteiger partial charge is 0.0599 e. The van der Waals surface area contributed by atoms with Crippen molar-refractivity contribution >= 4 is 0 Å². The van der Waals surface area contributed by atoms with Crippen molar-refractivity contribution in [2.45, 2.75) is 31.7 Å². The van der Waals surface area contributed by atoms with Crippen LogP contribution in [-0.4, -0.2) is 37.1 Å². The van der Waals surface area contributed by atoms with Gasteiger partial charge in [-0.15, -0.1) is 6.42 Å². The highest BCUT2D eigenvalue weighted by Gasteiger charge is 2.25. The first-order valence-electron chi connectivity index (χ1n) is 5.77. The van der Waals surface area contributed by atoms with Gasteiger partial charge in [0, 0.05) is 19.1 Å². The van der Waals surface area contributed by atoms with Gasteiger partial charge in [-0.25, -0.2) is 0 Å². The van der Waals surface area contributed by atoms with E-state index in [2.05, 4.69) is 16.1 Å². The molecule has 1 heterocycles. The molecule has 2 rings (SSSR count). The number of terminal acetylenes is 1. The lowest BCUT2D eigenvalue weighted by Gasteiger charge is -2.23. The Hall–Kier alpha value is -0.520. The number of hydrogen-bond donors (Lipinski definition) is 1. The standard InChI is InChI=1S/C12H20N2/c1-2-8-14(9-11-5-6-11)10-12-4-3-7-13-12/h1,11-13H,3-10H2. The van der Waals surface area contributed by atoms with Crippen molar-refractivity contribution in [2.75, 3.05) is 26.2 Å². The second-order valence-corrected chi connectivity index (χ2v) is 4.63. The van der Waals surface area contributed by atoms with Gasteiger partial charge in [-0.05, 0) is 38.1 Å². The first kappa shape index (κ1) is 10.0. The number of rotatable bonds is 5. The molecule has 2 nitrogen and oxygen atoms in total. The maximum absolute atomic E-state index is 5.39. The van der Waals surface area contributed by atoms with Crippen LogP contribution in [0.15, 0.2) is 0 Å². The lowest BCUT2D eigenvalue weighted by molar-refractivity contribution is 0.267. The molecule has 0 radical (unpaired) electrons. The summed E-state index contributed by atoms with van der Waals surface area (Å²) in [5.74, 6) is 3.72. The van der Waals surface area contributed by atoms with Gasteiger partial charge in [0.05, 0.1) is 6.54 Å². The van der Waals surface area contributed by atoms with E-state index in [0.717, 1.165) is 19.0 Å². The molecule has 78 valence electrons. The van der Waals surface area contributed by atoms with E-state index >= 15 is 0 Å². The first-order chi connectivity index (χ1) is 6.88. The Bertz CT molecular complexity index is 209. The van der Waals surface area contributed by atoms with Crippen LogP contribution in [0.4, 0.5) is 0 Å². The summed E-state index contributed by atoms with van der Waals surface area (Å²) in [7, 11) is 0. The van der Waals surface area contributed by atoms with Gasteiger partial charge < -0.3 is 5.32 Å². The highest BCUT2D eigenvalue weighted by atomic mass is 15.2. The van der Waals surface area contributed by atoms with Gasteiger partial charge in [0.2, 0.25) is 0 Å². The largest absolute Gasteiger partial charge is 0.313 e. The molecule has 0 aromatic carbocycles. The van der Waals surface area contributed by atoms with E-state index in [1.54, 1.807) is 0 Å². The Morgan fingerprint density at radius 2 is 2.14 bits per heavy atom. The van der Waals surface area contributed by atoms with Crippen molar-refractivity contribution in [3.8, 4) is 12.3 Å². The molecule has 0 amide bonds. The van der Waals surface area contributed by atoms with Crippen LogP contribution in [0.2, 0.25) is 0 Å². The zero-order chi connectivity index (χ0) is 9.80. The molecular formula is C12H20N2. The van der Waals surface area contributed by atoms with Gasteiger partial charge in [-0.1, -0.05) is 5.92 Å². The third-order valence-corrected chi connectivity index (χ3v) is 3.17. The average Bonchev–Trinajstić information content (AvgIpc) is 2.81. The first-order valence-corrected chi connectivity index (χ1v) is 5.77. The zero-order valence-electron chi connectivity index (χ0n) is 8.84. The molecule has 1 atom stereocenters. The molecular weight excluding hydrogens is 172 g/mol. The van der Waals surface area contributed by atoms with Gasteiger partial charge in [0.15, 0.2) is 0 Å². The van der Waals surface area contributed by atoms with Crippen LogP contribution in [0.25, 0.3) is 0 Å². The van der Waals surface area contributed by atoms with Crippen molar-refractivity contribution in [3.05, 3.63) is 0 Å². The molecule has 2 aliphatic rings. The molecule has 1 saturated carbocycles. The van der Waals surface area contributed by atoms with Crippen molar-refractivity contribution in [1.82, 2.24) is 10.2 Å². The molecule has 1 aliphatic carbocycles. The van der Waals surface area contributed by atoms with E-state index in [1.165, 1.54) is 38.8 Å². The average molecular weight is 192 g/mol. The Morgan fingerprint density at radius 1 is 1.29 bits per heavy atom. The summed E-state index contributed by atoms with van der Waals surface area (Å²) in [5.41, 5.74) is 0. The molecule has 1 aliphatic heterocycles. The predicted molar refractivity (Wildman–Crippen MR) is 59.0 cm³/mol. The minimum atomic E-state index is 0.696. The maximum atomic E-state index is 5.39. The fourth-order valence-electron chi connectivity index (χ4n) is 2.22. The monoisotopic (exact) mass is 192 g/mol. The zero-order valence-corrected chi connectivity index (χ0v) is 8.84. The fraction of sp³-hybridized carbons (Fsp3) is 0.833. The van der Waals surface area contributed by atoms with Gasteiger partial charge in [0.1, 0.15) is 0 Å². The number of hydrogen-bond acceptors (Lipinski definition) is 2. The summed E-state index contributed by atoms with van der Waals surface area (Å²) < 4.78 is 0. The molecule has 0 aromatic heterocycles. The van der Waals surface area contributed by atoms with Crippen LogP contribution in [0, 0.1) is 18.3 Å². The minimum Gasteiger partial charge on any atom is -0.313 e. The van der Waals surface area contributed by atoms with E-state index in [9.17, 15) is 0 Å². The van der Waals surface area contributed by atoms with Crippen LogP contribution in [-0.2, 0) is 0 Å². The van der Waals surface area contributed by atoms with E-state index in [4.69, 9.17) is 6.42 Å². The third-order valence-electron chi connectivity index (χ3n) is 3.17. The summed E-state index contributed by atoms with van der Waals surface area (Å²) in [6, 6.07) is 0.696. The summed E-state index contributed by atoms with van der Waals surface area (Å²) >= 11 is 0. The summed E-state index contributed by atoms with van der Waals surface area (Å²) in [5, 5.41) is 3.53. The quantitative estimate of drug-likeness (QED) is 0.656. The van der Waals surface area contributed by atoms with Gasteiger partial charge in [0.25, 0.3) is 0 Å². The van der Waals surface area contributed by atoms with Crippen LogP contribution >= 0.6 is 0 Å². The fourth-order valence-corrected chi connectivity index (χ4v) is 2.22. The normalized spacial score (nSPS) is 26.7. The Kier molecular flexibility index (Phi) is 3.44. The van der Waals surface area contributed by atoms with Gasteiger partial charge in [-0.2, -0.15) is 0 Å².